The van der Waals surface area contributed by atoms with Gasteiger partial charge in [-0.15, -0.1) is 24.0 Å². The van der Waals surface area contributed by atoms with Crippen LogP contribution >= 0.6 is 24.0 Å². The minimum atomic E-state index is -0.527. The molecular formula is C20H23F3IN3O. The van der Waals surface area contributed by atoms with Crippen LogP contribution in [0.3, 0.4) is 0 Å². The molecule has 2 atom stereocenters. The molecule has 3 rings (SSSR count). The monoisotopic (exact) mass is 505 g/mol. The first-order valence-corrected chi connectivity index (χ1v) is 8.65. The summed E-state index contributed by atoms with van der Waals surface area (Å²) < 4.78 is 46.6. The number of nitrogens with zero attached hydrogens (tertiary/aromatic N) is 2. The maximum absolute atomic E-state index is 13.9. The van der Waals surface area contributed by atoms with Gasteiger partial charge < -0.3 is 15.0 Å². The Morgan fingerprint density at radius 2 is 1.86 bits per heavy atom. The fourth-order valence-corrected chi connectivity index (χ4v) is 3.21. The lowest BCUT2D eigenvalue weighted by Crippen LogP contribution is -2.40. The number of methoxy groups -OCH3 is 1. The van der Waals surface area contributed by atoms with Gasteiger partial charge in [0.2, 0.25) is 0 Å². The number of nitrogens with one attached hydrogen (secondary N) is 1. The number of ether oxygens (including phenoxy) is 1. The van der Waals surface area contributed by atoms with E-state index in [0.717, 1.165) is 5.56 Å². The minimum Gasteiger partial charge on any atom is -0.494 e. The van der Waals surface area contributed by atoms with Gasteiger partial charge in [-0.25, -0.2) is 13.2 Å². The highest BCUT2D eigenvalue weighted by atomic mass is 127. The molecule has 2 aromatic carbocycles. The molecule has 0 radical (unpaired) electrons. The summed E-state index contributed by atoms with van der Waals surface area (Å²) in [7, 11) is 4.87. The van der Waals surface area contributed by atoms with Crippen LogP contribution in [0.4, 0.5) is 13.2 Å². The molecular weight excluding hydrogens is 482 g/mol. The third kappa shape index (κ3) is 4.89. The highest BCUT2D eigenvalue weighted by Gasteiger charge is 2.42. The van der Waals surface area contributed by atoms with E-state index < -0.39 is 17.5 Å². The third-order valence-corrected chi connectivity index (χ3v) is 4.68. The molecule has 0 spiro atoms. The first-order chi connectivity index (χ1) is 12.9. The fraction of sp³-hybridized carbons (Fsp3) is 0.350. The van der Waals surface area contributed by atoms with Crippen molar-refractivity contribution in [2.45, 2.75) is 24.9 Å². The Morgan fingerprint density at radius 1 is 1.18 bits per heavy atom. The standard InChI is InChI=1S/C20H22F3N3O.HI/c1-24-20(26(2)11-12-7-8-18(27-3)16(23)9-12)25-17-10-13(17)19-14(21)5-4-6-15(19)22;/h4-9,13,17H,10-11H2,1-3H3,(H,24,25);1H. The quantitative estimate of drug-likeness (QED) is 0.375. The number of aliphatic imine (C=N–C) groups is 1. The second kappa shape index (κ2) is 9.49. The molecule has 0 aliphatic heterocycles. The van der Waals surface area contributed by atoms with Gasteiger partial charge >= 0.3 is 0 Å². The van der Waals surface area contributed by atoms with Crippen molar-refractivity contribution in [3.63, 3.8) is 0 Å². The van der Waals surface area contributed by atoms with Gasteiger partial charge in [-0.05, 0) is 36.2 Å². The summed E-state index contributed by atoms with van der Waals surface area (Å²) in [5, 5.41) is 3.22. The van der Waals surface area contributed by atoms with Crippen molar-refractivity contribution in [3.05, 3.63) is 65.0 Å². The Kier molecular flexibility index (Phi) is 7.56. The first-order valence-electron chi connectivity index (χ1n) is 8.65. The summed E-state index contributed by atoms with van der Waals surface area (Å²) in [6, 6.07) is 8.58. The van der Waals surface area contributed by atoms with Gasteiger partial charge in [0.15, 0.2) is 17.5 Å². The lowest BCUT2D eigenvalue weighted by atomic mass is 10.1. The molecule has 0 bridgehead atoms. The lowest BCUT2D eigenvalue weighted by Gasteiger charge is -2.22. The van der Waals surface area contributed by atoms with E-state index in [-0.39, 0.29) is 47.2 Å². The number of rotatable bonds is 5. The van der Waals surface area contributed by atoms with Crippen molar-refractivity contribution >= 4 is 29.9 Å². The lowest BCUT2D eigenvalue weighted by molar-refractivity contribution is 0.385. The Labute approximate surface area is 179 Å². The molecule has 4 nitrogen and oxygen atoms in total. The van der Waals surface area contributed by atoms with Gasteiger partial charge in [-0.1, -0.05) is 12.1 Å². The highest BCUT2D eigenvalue weighted by Crippen LogP contribution is 2.43. The molecule has 8 heteroatoms. The molecule has 28 heavy (non-hydrogen) atoms. The van der Waals surface area contributed by atoms with Crippen LogP contribution in [0.5, 0.6) is 5.75 Å². The molecule has 0 amide bonds. The second-order valence-electron chi connectivity index (χ2n) is 6.60. The Hall–Kier alpha value is -1.97. The van der Waals surface area contributed by atoms with Gasteiger partial charge in [-0.2, -0.15) is 0 Å². The maximum Gasteiger partial charge on any atom is 0.193 e. The van der Waals surface area contributed by atoms with E-state index in [1.54, 1.807) is 19.2 Å². The summed E-state index contributed by atoms with van der Waals surface area (Å²) >= 11 is 0. The number of benzene rings is 2. The zero-order valence-electron chi connectivity index (χ0n) is 15.9. The summed E-state index contributed by atoms with van der Waals surface area (Å²) in [5.41, 5.74) is 0.872. The van der Waals surface area contributed by atoms with Crippen LogP contribution in [0, 0.1) is 17.5 Å². The van der Waals surface area contributed by atoms with E-state index in [1.165, 1.54) is 31.4 Å². The van der Waals surface area contributed by atoms with Crippen molar-refractivity contribution in [2.75, 3.05) is 21.2 Å². The number of hydrogen-bond donors (Lipinski definition) is 1. The van der Waals surface area contributed by atoms with Gasteiger partial charge in [0.1, 0.15) is 11.6 Å². The van der Waals surface area contributed by atoms with E-state index >= 15 is 0 Å². The number of hydrogen-bond acceptors (Lipinski definition) is 2. The highest BCUT2D eigenvalue weighted by molar-refractivity contribution is 14.0. The van der Waals surface area contributed by atoms with Crippen LogP contribution in [0.15, 0.2) is 41.4 Å². The largest absolute Gasteiger partial charge is 0.494 e. The smallest absolute Gasteiger partial charge is 0.193 e. The molecule has 1 saturated carbocycles. The molecule has 0 aromatic heterocycles. The van der Waals surface area contributed by atoms with Crippen LogP contribution in [0.2, 0.25) is 0 Å². The summed E-state index contributed by atoms with van der Waals surface area (Å²) in [5.74, 6) is -0.937. The van der Waals surface area contributed by atoms with E-state index in [2.05, 4.69) is 10.3 Å². The van der Waals surface area contributed by atoms with E-state index in [9.17, 15) is 13.2 Å². The fourth-order valence-electron chi connectivity index (χ4n) is 3.21. The SMILES string of the molecule is CN=C(NC1CC1c1c(F)cccc1F)N(C)Cc1ccc(OC)c(F)c1.I. The van der Waals surface area contributed by atoms with Crippen LogP contribution in [-0.4, -0.2) is 38.1 Å². The van der Waals surface area contributed by atoms with Crippen LogP contribution in [-0.2, 0) is 6.54 Å². The number of halogens is 4. The van der Waals surface area contributed by atoms with E-state index in [0.29, 0.717) is 18.9 Å². The molecule has 152 valence electrons. The molecule has 1 aliphatic rings. The maximum atomic E-state index is 13.9. The minimum absolute atomic E-state index is 0. The van der Waals surface area contributed by atoms with Crippen molar-refractivity contribution < 1.29 is 17.9 Å². The second-order valence-corrected chi connectivity index (χ2v) is 6.60. The van der Waals surface area contributed by atoms with Crippen molar-refractivity contribution in [2.24, 2.45) is 4.99 Å². The molecule has 0 heterocycles. The Bertz CT molecular complexity index is 842. The zero-order chi connectivity index (χ0) is 19.6. The van der Waals surface area contributed by atoms with Crippen molar-refractivity contribution in [3.8, 4) is 5.75 Å². The van der Waals surface area contributed by atoms with Crippen LogP contribution in [0.25, 0.3) is 0 Å². The van der Waals surface area contributed by atoms with Gasteiger partial charge in [-0.3, -0.25) is 4.99 Å². The van der Waals surface area contributed by atoms with E-state index in [4.69, 9.17) is 4.74 Å². The van der Waals surface area contributed by atoms with Crippen LogP contribution in [0.1, 0.15) is 23.5 Å². The molecule has 2 aromatic rings. The molecule has 0 saturated heterocycles. The van der Waals surface area contributed by atoms with E-state index in [1.807, 2.05) is 11.9 Å². The normalized spacial score (nSPS) is 18.3. The molecule has 1 aliphatic carbocycles. The van der Waals surface area contributed by atoms with Crippen molar-refractivity contribution in [1.29, 1.82) is 0 Å². The number of guanidine groups is 1. The predicted molar refractivity (Wildman–Crippen MR) is 114 cm³/mol. The Balaban J connectivity index is 0.00000280. The molecule has 2 unspecified atom stereocenters. The predicted octanol–water partition coefficient (Wildman–Crippen LogP) is 4.29. The Morgan fingerprint density at radius 3 is 2.43 bits per heavy atom. The third-order valence-electron chi connectivity index (χ3n) is 4.68. The van der Waals surface area contributed by atoms with Gasteiger partial charge in [0, 0.05) is 38.2 Å². The average molecular weight is 505 g/mol. The first kappa shape index (κ1) is 22.3. The van der Waals surface area contributed by atoms with Crippen LogP contribution < -0.4 is 10.1 Å². The van der Waals surface area contributed by atoms with Crippen molar-refractivity contribution in [1.82, 2.24) is 10.2 Å². The van der Waals surface area contributed by atoms with Gasteiger partial charge in [0.05, 0.1) is 7.11 Å². The summed E-state index contributed by atoms with van der Waals surface area (Å²) in [6.45, 7) is 0.423. The van der Waals surface area contributed by atoms with Gasteiger partial charge in [0.25, 0.3) is 0 Å². The topological polar surface area (TPSA) is 36.9 Å². The summed E-state index contributed by atoms with van der Waals surface area (Å²) in [6.07, 6.45) is 0.627. The molecule has 1 N–H and O–H groups in total. The summed E-state index contributed by atoms with van der Waals surface area (Å²) in [4.78, 5) is 6.05. The zero-order valence-corrected chi connectivity index (χ0v) is 18.2. The average Bonchev–Trinajstić information content (AvgIpc) is 3.38. The molecule has 1 fully saturated rings.